The van der Waals surface area contributed by atoms with Crippen molar-refractivity contribution >= 4 is 0 Å². The number of rotatable bonds is 10. The zero-order valence-corrected chi connectivity index (χ0v) is 12.8. The second kappa shape index (κ2) is 9.76. The SMILES string of the molecule is CCCCCCCCCOc1ccc(C(C)N)c(F)c1. The first-order valence-corrected chi connectivity index (χ1v) is 7.83. The molecule has 0 aliphatic rings. The normalized spacial score (nSPS) is 12.4. The molecule has 1 atom stereocenters. The Balaban J connectivity index is 2.18. The highest BCUT2D eigenvalue weighted by molar-refractivity contribution is 5.30. The molecular weight excluding hydrogens is 253 g/mol. The third kappa shape index (κ3) is 6.38. The van der Waals surface area contributed by atoms with Crippen LogP contribution in [0.3, 0.4) is 0 Å². The predicted octanol–water partition coefficient (Wildman–Crippen LogP) is 4.97. The molecule has 0 bridgehead atoms. The first kappa shape index (κ1) is 17.0. The molecule has 0 spiro atoms. The highest BCUT2D eigenvalue weighted by atomic mass is 19.1. The van der Waals surface area contributed by atoms with Gasteiger partial charge in [0.25, 0.3) is 0 Å². The van der Waals surface area contributed by atoms with E-state index in [4.69, 9.17) is 10.5 Å². The van der Waals surface area contributed by atoms with Crippen molar-refractivity contribution in [3.63, 3.8) is 0 Å². The molecule has 0 aliphatic heterocycles. The van der Waals surface area contributed by atoms with Gasteiger partial charge in [0.2, 0.25) is 0 Å². The summed E-state index contributed by atoms with van der Waals surface area (Å²) in [5, 5.41) is 0. The van der Waals surface area contributed by atoms with Crippen LogP contribution >= 0.6 is 0 Å². The van der Waals surface area contributed by atoms with Crippen LogP contribution in [0.1, 0.15) is 70.4 Å². The monoisotopic (exact) mass is 281 g/mol. The van der Waals surface area contributed by atoms with E-state index in [-0.39, 0.29) is 11.9 Å². The summed E-state index contributed by atoms with van der Waals surface area (Å²) < 4.78 is 19.3. The van der Waals surface area contributed by atoms with Gasteiger partial charge in [-0.25, -0.2) is 4.39 Å². The van der Waals surface area contributed by atoms with Crippen LogP contribution in [-0.4, -0.2) is 6.61 Å². The summed E-state index contributed by atoms with van der Waals surface area (Å²) in [6, 6.07) is 4.65. The van der Waals surface area contributed by atoms with E-state index in [1.165, 1.54) is 44.6 Å². The van der Waals surface area contributed by atoms with Crippen LogP contribution in [0.5, 0.6) is 5.75 Å². The van der Waals surface area contributed by atoms with Crippen LogP contribution in [0.15, 0.2) is 18.2 Å². The number of hydrogen-bond acceptors (Lipinski definition) is 2. The van der Waals surface area contributed by atoms with E-state index >= 15 is 0 Å². The molecule has 1 unspecified atom stereocenters. The van der Waals surface area contributed by atoms with Crippen molar-refractivity contribution in [3.05, 3.63) is 29.6 Å². The van der Waals surface area contributed by atoms with Gasteiger partial charge in [-0.1, -0.05) is 51.5 Å². The van der Waals surface area contributed by atoms with Crippen molar-refractivity contribution in [3.8, 4) is 5.75 Å². The van der Waals surface area contributed by atoms with Gasteiger partial charge >= 0.3 is 0 Å². The van der Waals surface area contributed by atoms with Crippen LogP contribution in [0.25, 0.3) is 0 Å². The lowest BCUT2D eigenvalue weighted by Gasteiger charge is -2.10. The molecule has 0 saturated heterocycles. The lowest BCUT2D eigenvalue weighted by molar-refractivity contribution is 0.302. The van der Waals surface area contributed by atoms with Gasteiger partial charge in [-0.05, 0) is 19.4 Å². The summed E-state index contributed by atoms with van der Waals surface area (Å²) in [4.78, 5) is 0. The summed E-state index contributed by atoms with van der Waals surface area (Å²) >= 11 is 0. The van der Waals surface area contributed by atoms with Crippen LogP contribution in [0, 0.1) is 5.82 Å². The van der Waals surface area contributed by atoms with Gasteiger partial charge in [-0.2, -0.15) is 0 Å². The standard InChI is InChI=1S/C17H28FNO/c1-3-4-5-6-7-8-9-12-20-15-10-11-16(14(2)19)17(18)13-15/h10-11,13-14H,3-9,12,19H2,1-2H3. The number of benzene rings is 1. The Morgan fingerprint density at radius 2 is 1.75 bits per heavy atom. The van der Waals surface area contributed by atoms with Gasteiger partial charge in [-0.15, -0.1) is 0 Å². The highest BCUT2D eigenvalue weighted by Gasteiger charge is 2.07. The fraction of sp³-hybridized carbons (Fsp3) is 0.647. The maximum atomic E-state index is 13.7. The molecule has 0 radical (unpaired) electrons. The van der Waals surface area contributed by atoms with Crippen molar-refractivity contribution < 1.29 is 9.13 Å². The quantitative estimate of drug-likeness (QED) is 0.614. The zero-order chi connectivity index (χ0) is 14.8. The van der Waals surface area contributed by atoms with Crippen molar-refractivity contribution in [2.75, 3.05) is 6.61 Å². The number of halogens is 1. The summed E-state index contributed by atoms with van der Waals surface area (Å²) in [5.41, 5.74) is 6.21. The molecule has 2 N–H and O–H groups in total. The van der Waals surface area contributed by atoms with Crippen molar-refractivity contribution in [1.29, 1.82) is 0 Å². The van der Waals surface area contributed by atoms with E-state index in [0.717, 1.165) is 6.42 Å². The minimum absolute atomic E-state index is 0.280. The van der Waals surface area contributed by atoms with E-state index in [1.54, 1.807) is 19.1 Å². The molecule has 0 aliphatic carbocycles. The van der Waals surface area contributed by atoms with Crippen LogP contribution in [0.2, 0.25) is 0 Å². The van der Waals surface area contributed by atoms with Gasteiger partial charge in [0, 0.05) is 17.7 Å². The molecule has 0 heterocycles. The maximum Gasteiger partial charge on any atom is 0.131 e. The number of nitrogens with two attached hydrogens (primary N) is 1. The lowest BCUT2D eigenvalue weighted by Crippen LogP contribution is -2.07. The molecule has 0 fully saturated rings. The van der Waals surface area contributed by atoms with Crippen LogP contribution < -0.4 is 10.5 Å². The number of ether oxygens (including phenoxy) is 1. The molecule has 0 saturated carbocycles. The van der Waals surface area contributed by atoms with E-state index in [0.29, 0.717) is 17.9 Å². The largest absolute Gasteiger partial charge is 0.493 e. The van der Waals surface area contributed by atoms with Crippen molar-refractivity contribution in [2.45, 2.75) is 64.8 Å². The zero-order valence-electron chi connectivity index (χ0n) is 12.8. The topological polar surface area (TPSA) is 35.2 Å². The molecule has 1 aromatic rings. The van der Waals surface area contributed by atoms with Crippen LogP contribution in [0.4, 0.5) is 4.39 Å². The summed E-state index contributed by atoms with van der Waals surface area (Å²) in [7, 11) is 0. The smallest absolute Gasteiger partial charge is 0.131 e. The van der Waals surface area contributed by atoms with Gasteiger partial charge in [0.05, 0.1) is 6.61 Å². The lowest BCUT2D eigenvalue weighted by atomic mass is 10.1. The molecular formula is C17H28FNO. The third-order valence-electron chi connectivity index (χ3n) is 3.48. The predicted molar refractivity (Wildman–Crippen MR) is 82.5 cm³/mol. The summed E-state index contributed by atoms with van der Waals surface area (Å²) in [6.07, 6.45) is 8.74. The van der Waals surface area contributed by atoms with Crippen molar-refractivity contribution in [2.24, 2.45) is 5.73 Å². The Kier molecular flexibility index (Phi) is 8.28. The van der Waals surface area contributed by atoms with Crippen molar-refractivity contribution in [1.82, 2.24) is 0 Å². The molecule has 0 amide bonds. The molecule has 1 rings (SSSR count). The molecule has 1 aromatic carbocycles. The van der Waals surface area contributed by atoms with E-state index in [2.05, 4.69) is 6.92 Å². The fourth-order valence-electron chi connectivity index (χ4n) is 2.22. The average molecular weight is 281 g/mol. The Labute approximate surface area is 122 Å². The summed E-state index contributed by atoms with van der Waals surface area (Å²) in [5.74, 6) is 0.315. The Hall–Kier alpha value is -1.09. The van der Waals surface area contributed by atoms with E-state index < -0.39 is 0 Å². The molecule has 2 nitrogen and oxygen atoms in total. The Morgan fingerprint density at radius 3 is 2.35 bits per heavy atom. The molecule has 3 heteroatoms. The Morgan fingerprint density at radius 1 is 1.10 bits per heavy atom. The minimum atomic E-state index is -0.285. The average Bonchev–Trinajstić information content (AvgIpc) is 2.41. The second-order valence-electron chi connectivity index (χ2n) is 5.44. The second-order valence-corrected chi connectivity index (χ2v) is 5.44. The van der Waals surface area contributed by atoms with Crippen LogP contribution in [-0.2, 0) is 0 Å². The maximum absolute atomic E-state index is 13.7. The number of hydrogen-bond donors (Lipinski definition) is 1. The fourth-order valence-corrected chi connectivity index (χ4v) is 2.22. The van der Waals surface area contributed by atoms with Gasteiger partial charge in [-0.3, -0.25) is 0 Å². The third-order valence-corrected chi connectivity index (χ3v) is 3.48. The minimum Gasteiger partial charge on any atom is -0.493 e. The highest BCUT2D eigenvalue weighted by Crippen LogP contribution is 2.20. The van der Waals surface area contributed by atoms with E-state index in [9.17, 15) is 4.39 Å². The molecule has 0 aromatic heterocycles. The molecule has 114 valence electrons. The first-order valence-electron chi connectivity index (χ1n) is 7.83. The summed E-state index contributed by atoms with van der Waals surface area (Å²) in [6.45, 7) is 4.66. The number of unbranched alkanes of at least 4 members (excludes halogenated alkanes) is 6. The first-order chi connectivity index (χ1) is 9.65. The molecule has 20 heavy (non-hydrogen) atoms. The van der Waals surface area contributed by atoms with E-state index in [1.807, 2.05) is 0 Å². The Bertz CT molecular complexity index is 379. The van der Waals surface area contributed by atoms with Gasteiger partial charge in [0.15, 0.2) is 0 Å². The van der Waals surface area contributed by atoms with Gasteiger partial charge < -0.3 is 10.5 Å². The van der Waals surface area contributed by atoms with Gasteiger partial charge in [0.1, 0.15) is 11.6 Å².